The molecule has 0 saturated heterocycles. The minimum Gasteiger partial charge on any atom is -0.507 e. The van der Waals surface area contributed by atoms with Crippen LogP contribution in [0, 0.1) is 0 Å². The van der Waals surface area contributed by atoms with E-state index in [1.807, 2.05) is 30.5 Å². The van der Waals surface area contributed by atoms with Crippen LogP contribution in [0.15, 0.2) is 43.2 Å². The van der Waals surface area contributed by atoms with E-state index >= 15 is 0 Å². The number of rotatable bonds is 5. The fourth-order valence-corrected chi connectivity index (χ4v) is 2.94. The summed E-state index contributed by atoms with van der Waals surface area (Å²) in [7, 11) is 6.30. The second kappa shape index (κ2) is 6.90. The molecular weight excluding hydrogens is 285 g/mol. The van der Waals surface area contributed by atoms with Crippen LogP contribution >= 0.6 is 0 Å². The van der Waals surface area contributed by atoms with Gasteiger partial charge in [-0.3, -0.25) is 4.98 Å². The molecule has 2 heterocycles. The molecule has 0 amide bonds. The van der Waals surface area contributed by atoms with E-state index in [0.29, 0.717) is 12.4 Å². The van der Waals surface area contributed by atoms with Gasteiger partial charge in [-0.1, -0.05) is 25.1 Å². The van der Waals surface area contributed by atoms with E-state index in [0.717, 1.165) is 53.7 Å². The third-order valence-electron chi connectivity index (χ3n) is 4.33. The molecule has 0 saturated carbocycles. The van der Waals surface area contributed by atoms with E-state index in [1.54, 1.807) is 6.20 Å². The second-order valence-electron chi connectivity index (χ2n) is 5.92. The molecule has 1 aromatic carbocycles. The third-order valence-corrected chi connectivity index (χ3v) is 4.33. The zero-order chi connectivity index (χ0) is 16.2. The minimum atomic E-state index is -0.226. The molecule has 1 aliphatic rings. The maximum absolute atomic E-state index is 10.5. The van der Waals surface area contributed by atoms with Gasteiger partial charge in [-0.2, -0.15) is 0 Å². The molecule has 1 N–H and O–H groups in total. The average Bonchev–Trinajstić information content (AvgIpc) is 2.60. The van der Waals surface area contributed by atoms with Crippen molar-refractivity contribution in [3.8, 4) is 11.5 Å². The van der Waals surface area contributed by atoms with Crippen LogP contribution in [0.5, 0.6) is 11.5 Å². The molecule has 1 atom stereocenters. The summed E-state index contributed by atoms with van der Waals surface area (Å²) in [6.07, 6.45) is 6.80. The molecule has 3 nitrogen and oxygen atoms in total. The number of aromatic hydroxyl groups is 1. The fourth-order valence-electron chi connectivity index (χ4n) is 2.94. The number of phenols is 1. The van der Waals surface area contributed by atoms with Gasteiger partial charge in [0, 0.05) is 18.0 Å². The molecule has 1 unspecified atom stereocenters. The summed E-state index contributed by atoms with van der Waals surface area (Å²) in [4.78, 5) is 4.11. The lowest BCUT2D eigenvalue weighted by Gasteiger charge is -2.22. The number of allylic oxidation sites excluding steroid dienone is 1. The lowest BCUT2D eigenvalue weighted by atomic mass is 9.75. The highest BCUT2D eigenvalue weighted by atomic mass is 16.5. The van der Waals surface area contributed by atoms with E-state index in [1.165, 1.54) is 0 Å². The summed E-state index contributed by atoms with van der Waals surface area (Å²) in [6.45, 7) is 4.82. The van der Waals surface area contributed by atoms with Crippen LogP contribution in [0.4, 0.5) is 0 Å². The highest BCUT2D eigenvalue weighted by molar-refractivity contribution is 6.12. The van der Waals surface area contributed by atoms with Gasteiger partial charge in [-0.25, -0.2) is 0 Å². The van der Waals surface area contributed by atoms with Crippen molar-refractivity contribution >= 4 is 13.4 Å². The van der Waals surface area contributed by atoms with Crippen molar-refractivity contribution in [2.75, 3.05) is 6.61 Å². The standard InChI is InChI=1S/C19H20BNO2/c1-13(14-4-2-10-21-12-14)6-8-17(20)15-7-9-18-16(19(15)22)5-3-11-23-18/h2,4,7,9-10,12,17,22H,1,3,5-6,8,11H2. The van der Waals surface area contributed by atoms with Crippen LogP contribution in [-0.2, 0) is 6.42 Å². The molecule has 0 bridgehead atoms. The van der Waals surface area contributed by atoms with Crippen LogP contribution in [0.3, 0.4) is 0 Å². The first kappa shape index (κ1) is 15.7. The topological polar surface area (TPSA) is 42.4 Å². The number of pyridine rings is 1. The highest BCUT2D eigenvalue weighted by Gasteiger charge is 2.20. The van der Waals surface area contributed by atoms with Crippen LogP contribution < -0.4 is 4.74 Å². The Hall–Kier alpha value is -2.23. The van der Waals surface area contributed by atoms with Crippen molar-refractivity contribution < 1.29 is 9.84 Å². The Morgan fingerprint density at radius 2 is 2.26 bits per heavy atom. The van der Waals surface area contributed by atoms with Crippen molar-refractivity contribution in [3.63, 3.8) is 0 Å². The van der Waals surface area contributed by atoms with Crippen LogP contribution in [0.2, 0.25) is 0 Å². The molecule has 2 aromatic rings. The highest BCUT2D eigenvalue weighted by Crippen LogP contribution is 2.39. The Kier molecular flexibility index (Phi) is 4.70. The number of ether oxygens (including phenoxy) is 1. The number of aromatic nitrogens is 1. The number of hydrogen-bond acceptors (Lipinski definition) is 3. The average molecular weight is 305 g/mol. The van der Waals surface area contributed by atoms with E-state index in [9.17, 15) is 5.11 Å². The van der Waals surface area contributed by atoms with E-state index in [4.69, 9.17) is 12.6 Å². The second-order valence-corrected chi connectivity index (χ2v) is 5.92. The van der Waals surface area contributed by atoms with Gasteiger partial charge < -0.3 is 9.84 Å². The molecule has 23 heavy (non-hydrogen) atoms. The van der Waals surface area contributed by atoms with Gasteiger partial charge in [0.2, 0.25) is 0 Å². The van der Waals surface area contributed by atoms with Crippen LogP contribution in [-0.4, -0.2) is 24.5 Å². The predicted molar refractivity (Wildman–Crippen MR) is 92.9 cm³/mol. The monoisotopic (exact) mass is 305 g/mol. The first-order valence-electron chi connectivity index (χ1n) is 7.98. The normalized spacial score (nSPS) is 14.6. The van der Waals surface area contributed by atoms with Crippen molar-refractivity contribution in [2.24, 2.45) is 0 Å². The smallest absolute Gasteiger partial charge is 0.126 e. The fraction of sp³-hybridized carbons (Fsp3) is 0.316. The summed E-state index contributed by atoms with van der Waals surface area (Å²) in [5.74, 6) is 0.849. The van der Waals surface area contributed by atoms with Gasteiger partial charge in [-0.15, -0.1) is 0 Å². The zero-order valence-corrected chi connectivity index (χ0v) is 13.2. The molecule has 1 aliphatic heterocycles. The largest absolute Gasteiger partial charge is 0.507 e. The minimum absolute atomic E-state index is 0.226. The maximum atomic E-state index is 10.5. The molecule has 0 aliphatic carbocycles. The Bertz CT molecular complexity index is 700. The molecular formula is C19H20BNO2. The molecule has 1 aromatic heterocycles. The molecule has 0 spiro atoms. The Labute approximate surface area is 138 Å². The molecule has 4 heteroatoms. The quantitative estimate of drug-likeness (QED) is 0.854. The number of phenolic OH excluding ortho intramolecular Hbond substituents is 1. The van der Waals surface area contributed by atoms with Crippen LogP contribution in [0.25, 0.3) is 5.57 Å². The van der Waals surface area contributed by atoms with Crippen molar-refractivity contribution in [2.45, 2.75) is 31.5 Å². The van der Waals surface area contributed by atoms with Crippen LogP contribution in [0.1, 0.15) is 41.8 Å². The predicted octanol–water partition coefficient (Wildman–Crippen LogP) is 3.82. The summed E-state index contributed by atoms with van der Waals surface area (Å²) in [6, 6.07) is 7.68. The van der Waals surface area contributed by atoms with Gasteiger partial charge in [0.1, 0.15) is 11.5 Å². The molecule has 2 radical (unpaired) electrons. The van der Waals surface area contributed by atoms with Gasteiger partial charge in [0.25, 0.3) is 0 Å². The van der Waals surface area contributed by atoms with Crippen molar-refractivity contribution in [3.05, 3.63) is 59.9 Å². The Balaban J connectivity index is 1.69. The van der Waals surface area contributed by atoms with E-state index < -0.39 is 0 Å². The molecule has 3 rings (SSSR count). The summed E-state index contributed by atoms with van der Waals surface area (Å²) in [5, 5.41) is 10.5. The first-order chi connectivity index (χ1) is 11.2. The maximum Gasteiger partial charge on any atom is 0.126 e. The molecule has 116 valence electrons. The first-order valence-corrected chi connectivity index (χ1v) is 7.98. The lowest BCUT2D eigenvalue weighted by molar-refractivity contribution is 0.283. The number of nitrogens with zero attached hydrogens (tertiary/aromatic N) is 1. The van der Waals surface area contributed by atoms with Crippen molar-refractivity contribution in [1.29, 1.82) is 0 Å². The summed E-state index contributed by atoms with van der Waals surface area (Å²) in [5.41, 5.74) is 3.71. The Morgan fingerprint density at radius 3 is 3.04 bits per heavy atom. The van der Waals surface area contributed by atoms with E-state index in [-0.39, 0.29) is 5.82 Å². The van der Waals surface area contributed by atoms with Gasteiger partial charge in [0.15, 0.2) is 0 Å². The number of fused-ring (bicyclic) bond motifs is 1. The van der Waals surface area contributed by atoms with Gasteiger partial charge in [0.05, 0.1) is 14.5 Å². The summed E-state index contributed by atoms with van der Waals surface area (Å²) < 4.78 is 5.57. The number of benzene rings is 1. The van der Waals surface area contributed by atoms with E-state index in [2.05, 4.69) is 11.6 Å². The third kappa shape index (κ3) is 3.41. The van der Waals surface area contributed by atoms with Gasteiger partial charge in [-0.05, 0) is 53.9 Å². The lowest BCUT2D eigenvalue weighted by Crippen LogP contribution is -2.10. The zero-order valence-electron chi connectivity index (χ0n) is 13.2. The Morgan fingerprint density at radius 1 is 1.39 bits per heavy atom. The van der Waals surface area contributed by atoms with Crippen molar-refractivity contribution in [1.82, 2.24) is 4.98 Å². The number of hydrogen-bond donors (Lipinski definition) is 1. The molecule has 0 fully saturated rings. The van der Waals surface area contributed by atoms with Gasteiger partial charge >= 0.3 is 0 Å². The SMILES string of the molecule is [B]C(CCC(=C)c1cccnc1)c1ccc2c(c1O)CCCO2. The summed E-state index contributed by atoms with van der Waals surface area (Å²) >= 11 is 0.